The summed E-state index contributed by atoms with van der Waals surface area (Å²) in [6, 6.07) is 0.364. The lowest BCUT2D eigenvalue weighted by Crippen LogP contribution is -2.51. The third kappa shape index (κ3) is 2.03. The Balaban J connectivity index is 1.69. The fourth-order valence-electron chi connectivity index (χ4n) is 3.50. The van der Waals surface area contributed by atoms with Crippen molar-refractivity contribution in [1.82, 2.24) is 10.2 Å². The maximum atomic E-state index is 13.0. The first-order chi connectivity index (χ1) is 10.7. The standard InChI is InChI=1S/C17H19N3OS/c1-12-10-20(9-8-18-12)16(21)13-11-22-17-6-3-2-4-15(17)19-7-5-14(13)17/h2-7,12,18H,8-11H2,1H3. The Bertz CT molecular complexity index is 673. The summed E-state index contributed by atoms with van der Waals surface area (Å²) >= 11 is 1.80. The predicted molar refractivity (Wildman–Crippen MR) is 91.1 cm³/mol. The Morgan fingerprint density at radius 2 is 2.36 bits per heavy atom. The van der Waals surface area contributed by atoms with Gasteiger partial charge in [-0.2, -0.15) is 0 Å². The topological polar surface area (TPSA) is 44.7 Å². The van der Waals surface area contributed by atoms with Gasteiger partial charge in [-0.15, -0.1) is 11.8 Å². The van der Waals surface area contributed by atoms with E-state index in [2.05, 4.69) is 35.5 Å². The predicted octanol–water partition coefficient (Wildman–Crippen LogP) is 1.68. The van der Waals surface area contributed by atoms with Crippen LogP contribution in [-0.2, 0) is 4.79 Å². The number of hydrogen-bond donors (Lipinski definition) is 1. The number of nitrogens with zero attached hydrogens (tertiary/aromatic N) is 2. The summed E-state index contributed by atoms with van der Waals surface area (Å²) < 4.78 is -0.242. The molecule has 4 aliphatic rings. The van der Waals surface area contributed by atoms with Crippen molar-refractivity contribution in [2.45, 2.75) is 17.7 Å². The van der Waals surface area contributed by atoms with E-state index in [1.54, 1.807) is 11.8 Å². The summed E-state index contributed by atoms with van der Waals surface area (Å²) in [5.41, 5.74) is 3.11. The van der Waals surface area contributed by atoms with Crippen molar-refractivity contribution in [3.63, 3.8) is 0 Å². The van der Waals surface area contributed by atoms with Gasteiger partial charge in [0.25, 0.3) is 5.91 Å². The van der Waals surface area contributed by atoms with Crippen molar-refractivity contribution in [3.05, 3.63) is 47.7 Å². The molecule has 0 aromatic carbocycles. The average Bonchev–Trinajstić information content (AvgIpc) is 2.92. The normalized spacial score (nSPS) is 32.9. The summed E-state index contributed by atoms with van der Waals surface area (Å²) in [6.07, 6.45) is 12.1. The van der Waals surface area contributed by atoms with E-state index in [1.165, 1.54) is 0 Å². The van der Waals surface area contributed by atoms with Crippen LogP contribution in [0.3, 0.4) is 0 Å². The van der Waals surface area contributed by atoms with E-state index in [0.29, 0.717) is 6.04 Å². The molecule has 0 saturated carbocycles. The quantitative estimate of drug-likeness (QED) is 0.801. The van der Waals surface area contributed by atoms with E-state index >= 15 is 0 Å². The van der Waals surface area contributed by atoms with Crippen LogP contribution < -0.4 is 5.32 Å². The first kappa shape index (κ1) is 14.0. The second-order valence-corrected chi connectivity index (χ2v) is 7.29. The van der Waals surface area contributed by atoms with Gasteiger partial charge in [-0.3, -0.25) is 9.79 Å². The zero-order valence-corrected chi connectivity index (χ0v) is 13.4. The van der Waals surface area contributed by atoms with Crippen molar-refractivity contribution in [1.29, 1.82) is 0 Å². The summed E-state index contributed by atoms with van der Waals surface area (Å²) in [5, 5.41) is 3.39. The summed E-state index contributed by atoms with van der Waals surface area (Å²) in [6.45, 7) is 4.58. The maximum Gasteiger partial charge on any atom is 0.251 e. The molecular formula is C17H19N3OS. The van der Waals surface area contributed by atoms with E-state index in [9.17, 15) is 4.79 Å². The lowest BCUT2D eigenvalue weighted by Gasteiger charge is -2.33. The Hall–Kier alpha value is -1.59. The molecule has 2 unspecified atom stereocenters. The van der Waals surface area contributed by atoms with Crippen LogP contribution in [0, 0.1) is 0 Å². The number of carbonyl (C=O) groups is 1. The zero-order chi connectivity index (χ0) is 15.2. The number of rotatable bonds is 1. The SMILES string of the molecule is CC1CN(C(=O)C2=C3C=CN=C4C=CC=CC43SC2)CCN1. The minimum atomic E-state index is -0.242. The molecule has 5 heteroatoms. The molecule has 3 aliphatic heterocycles. The van der Waals surface area contributed by atoms with E-state index in [1.807, 2.05) is 23.3 Å². The van der Waals surface area contributed by atoms with Crippen LogP contribution in [0.4, 0.5) is 0 Å². The average molecular weight is 313 g/mol. The number of aliphatic imine (C=N–C) groups is 1. The summed E-state index contributed by atoms with van der Waals surface area (Å²) in [5.74, 6) is 0.954. The second kappa shape index (κ2) is 5.25. The molecular weight excluding hydrogens is 294 g/mol. The van der Waals surface area contributed by atoms with Gasteiger partial charge in [0, 0.05) is 43.2 Å². The molecule has 1 aliphatic carbocycles. The number of amides is 1. The third-order valence-corrected chi connectivity index (χ3v) is 6.07. The van der Waals surface area contributed by atoms with Crippen LogP contribution in [0.15, 0.2) is 52.7 Å². The highest BCUT2D eigenvalue weighted by Crippen LogP contribution is 2.48. The molecule has 0 aromatic rings. The minimum Gasteiger partial charge on any atom is -0.336 e. The molecule has 1 spiro atoms. The van der Waals surface area contributed by atoms with Gasteiger partial charge in [0.2, 0.25) is 0 Å². The number of allylic oxidation sites excluding steroid dienone is 4. The van der Waals surface area contributed by atoms with E-state index in [0.717, 1.165) is 42.2 Å². The molecule has 114 valence electrons. The minimum absolute atomic E-state index is 0.196. The van der Waals surface area contributed by atoms with Crippen LogP contribution >= 0.6 is 11.8 Å². The highest BCUT2D eigenvalue weighted by Gasteiger charge is 2.46. The van der Waals surface area contributed by atoms with Crippen molar-refractivity contribution < 1.29 is 4.79 Å². The van der Waals surface area contributed by atoms with Crippen LogP contribution in [-0.4, -0.2) is 52.7 Å². The van der Waals surface area contributed by atoms with Crippen LogP contribution in [0.2, 0.25) is 0 Å². The number of carbonyl (C=O) groups excluding carboxylic acids is 1. The number of hydrogen-bond acceptors (Lipinski definition) is 4. The van der Waals surface area contributed by atoms with Crippen molar-refractivity contribution in [2.75, 3.05) is 25.4 Å². The molecule has 1 amide bonds. The number of thioether (sulfide) groups is 1. The largest absolute Gasteiger partial charge is 0.336 e. The Morgan fingerprint density at radius 3 is 3.23 bits per heavy atom. The molecule has 0 bridgehead atoms. The fraction of sp³-hybridized carbons (Fsp3) is 0.412. The van der Waals surface area contributed by atoms with Gasteiger partial charge in [-0.25, -0.2) is 0 Å². The molecule has 22 heavy (non-hydrogen) atoms. The lowest BCUT2D eigenvalue weighted by atomic mass is 9.85. The van der Waals surface area contributed by atoms with E-state index < -0.39 is 0 Å². The Morgan fingerprint density at radius 1 is 1.45 bits per heavy atom. The van der Waals surface area contributed by atoms with Gasteiger partial charge in [-0.05, 0) is 24.6 Å². The Labute approximate surface area is 134 Å². The molecule has 2 atom stereocenters. The van der Waals surface area contributed by atoms with Gasteiger partial charge in [-0.1, -0.05) is 18.2 Å². The molecule has 1 fully saturated rings. The molecule has 3 heterocycles. The molecule has 1 saturated heterocycles. The molecule has 0 radical (unpaired) electrons. The first-order valence-corrected chi connectivity index (χ1v) is 8.70. The van der Waals surface area contributed by atoms with Crippen LogP contribution in [0.1, 0.15) is 6.92 Å². The molecule has 0 aromatic heterocycles. The van der Waals surface area contributed by atoms with Gasteiger partial charge in [0.05, 0.1) is 5.71 Å². The van der Waals surface area contributed by atoms with Gasteiger partial charge in [0.1, 0.15) is 4.75 Å². The van der Waals surface area contributed by atoms with Gasteiger partial charge < -0.3 is 10.2 Å². The van der Waals surface area contributed by atoms with E-state index in [-0.39, 0.29) is 10.7 Å². The van der Waals surface area contributed by atoms with Crippen molar-refractivity contribution in [2.24, 2.45) is 4.99 Å². The van der Waals surface area contributed by atoms with E-state index in [4.69, 9.17) is 0 Å². The zero-order valence-electron chi connectivity index (χ0n) is 12.6. The highest BCUT2D eigenvalue weighted by atomic mass is 32.2. The monoisotopic (exact) mass is 313 g/mol. The van der Waals surface area contributed by atoms with Crippen molar-refractivity contribution >= 4 is 23.4 Å². The fourth-order valence-corrected chi connectivity index (χ4v) is 4.94. The molecule has 1 N–H and O–H groups in total. The smallest absolute Gasteiger partial charge is 0.251 e. The van der Waals surface area contributed by atoms with Crippen LogP contribution in [0.5, 0.6) is 0 Å². The number of piperazine rings is 1. The van der Waals surface area contributed by atoms with Gasteiger partial charge in [0.15, 0.2) is 0 Å². The molecule has 4 nitrogen and oxygen atoms in total. The summed E-state index contributed by atoms with van der Waals surface area (Å²) in [4.78, 5) is 19.5. The number of nitrogens with one attached hydrogen (secondary N) is 1. The van der Waals surface area contributed by atoms with Crippen LogP contribution in [0.25, 0.3) is 0 Å². The third-order valence-electron chi connectivity index (χ3n) is 4.62. The van der Waals surface area contributed by atoms with Gasteiger partial charge >= 0.3 is 0 Å². The Kier molecular flexibility index (Phi) is 3.35. The lowest BCUT2D eigenvalue weighted by molar-refractivity contribution is -0.128. The molecule has 4 rings (SSSR count). The second-order valence-electron chi connectivity index (χ2n) is 6.07. The first-order valence-electron chi connectivity index (χ1n) is 7.72. The summed E-state index contributed by atoms with van der Waals surface area (Å²) in [7, 11) is 0. The highest BCUT2D eigenvalue weighted by molar-refractivity contribution is 8.02. The maximum absolute atomic E-state index is 13.0. The van der Waals surface area contributed by atoms with Crippen molar-refractivity contribution in [3.8, 4) is 0 Å².